The maximum absolute atomic E-state index is 12.3. The van der Waals surface area contributed by atoms with E-state index >= 15 is 0 Å². The van der Waals surface area contributed by atoms with E-state index in [0.717, 1.165) is 18.7 Å². The van der Waals surface area contributed by atoms with Crippen molar-refractivity contribution in [3.05, 3.63) is 24.0 Å². The fraction of sp³-hybridized carbons (Fsp3) is 0.700. The van der Waals surface area contributed by atoms with Crippen molar-refractivity contribution in [2.24, 2.45) is 0 Å². The third-order valence-electron chi connectivity index (χ3n) is 4.17. The first-order valence-electron chi connectivity index (χ1n) is 9.56. The molecule has 0 unspecified atom stereocenters. The molecule has 0 aliphatic carbocycles. The van der Waals surface area contributed by atoms with E-state index in [1.807, 2.05) is 19.0 Å². The molecule has 0 aromatic carbocycles. The highest BCUT2D eigenvalue weighted by Crippen LogP contribution is 2.17. The van der Waals surface area contributed by atoms with E-state index in [1.165, 1.54) is 44.9 Å². The van der Waals surface area contributed by atoms with Crippen LogP contribution in [0, 0.1) is 0 Å². The van der Waals surface area contributed by atoms with Crippen molar-refractivity contribution in [2.75, 3.05) is 27.7 Å². The molecular formula is C20H35N3O2. The van der Waals surface area contributed by atoms with Crippen LogP contribution in [0.4, 0.5) is 4.79 Å². The Morgan fingerprint density at radius 2 is 1.68 bits per heavy atom. The summed E-state index contributed by atoms with van der Waals surface area (Å²) in [5, 5.41) is 0. The highest BCUT2D eigenvalue weighted by Gasteiger charge is 2.14. The van der Waals surface area contributed by atoms with Crippen molar-refractivity contribution in [3.63, 3.8) is 0 Å². The van der Waals surface area contributed by atoms with E-state index in [4.69, 9.17) is 4.74 Å². The number of amides is 1. The minimum Gasteiger partial charge on any atom is -0.408 e. The molecule has 5 nitrogen and oxygen atoms in total. The third-order valence-corrected chi connectivity index (χ3v) is 4.17. The second-order valence-electron chi connectivity index (χ2n) is 6.95. The number of hydrogen-bond acceptors (Lipinski definition) is 4. The molecule has 25 heavy (non-hydrogen) atoms. The van der Waals surface area contributed by atoms with Crippen LogP contribution in [0.5, 0.6) is 5.75 Å². The monoisotopic (exact) mass is 349 g/mol. The molecule has 0 radical (unpaired) electrons. The van der Waals surface area contributed by atoms with Gasteiger partial charge in [0.15, 0.2) is 5.75 Å². The smallest absolute Gasteiger partial charge is 0.408 e. The number of unbranched alkanes of at least 4 members (excludes halogenated alkanes) is 7. The zero-order valence-electron chi connectivity index (χ0n) is 16.5. The topological polar surface area (TPSA) is 45.7 Å². The number of rotatable bonds is 12. The number of nitrogens with zero attached hydrogens (tertiary/aromatic N) is 3. The van der Waals surface area contributed by atoms with Crippen molar-refractivity contribution < 1.29 is 9.53 Å². The summed E-state index contributed by atoms with van der Waals surface area (Å²) in [5.74, 6) is 0.545. The lowest BCUT2D eigenvalue weighted by Crippen LogP contribution is -2.31. The minimum atomic E-state index is -0.309. The van der Waals surface area contributed by atoms with E-state index in [9.17, 15) is 4.79 Å². The van der Waals surface area contributed by atoms with Crippen LogP contribution in [0.15, 0.2) is 18.3 Å². The summed E-state index contributed by atoms with van der Waals surface area (Å²) < 4.78 is 5.53. The van der Waals surface area contributed by atoms with Gasteiger partial charge >= 0.3 is 6.09 Å². The number of hydrogen-bond donors (Lipinski definition) is 0. The molecule has 0 aliphatic heterocycles. The Labute approximate surface area is 153 Å². The standard InChI is InChI=1S/C20H35N3O2/c1-5-6-7-8-9-10-11-12-16-23(4)20(24)25-19-14-13-15-21-18(19)17-22(2)3/h13-15H,5-12,16-17H2,1-4H3. The van der Waals surface area contributed by atoms with Crippen molar-refractivity contribution in [1.29, 1.82) is 0 Å². The van der Waals surface area contributed by atoms with E-state index in [-0.39, 0.29) is 6.09 Å². The highest BCUT2D eigenvalue weighted by molar-refractivity contribution is 5.70. The average molecular weight is 350 g/mol. The Kier molecular flexibility index (Phi) is 10.9. The lowest BCUT2D eigenvalue weighted by atomic mass is 10.1. The quantitative estimate of drug-likeness (QED) is 0.513. The van der Waals surface area contributed by atoms with Gasteiger partial charge in [-0.15, -0.1) is 0 Å². The maximum Gasteiger partial charge on any atom is 0.415 e. The summed E-state index contributed by atoms with van der Waals surface area (Å²) in [6.45, 7) is 3.62. The summed E-state index contributed by atoms with van der Waals surface area (Å²) in [6, 6.07) is 3.59. The summed E-state index contributed by atoms with van der Waals surface area (Å²) in [6.07, 6.45) is 11.5. The molecule has 1 amide bonds. The zero-order chi connectivity index (χ0) is 18.5. The van der Waals surface area contributed by atoms with Crippen LogP contribution in [0.2, 0.25) is 0 Å². The second kappa shape index (κ2) is 12.7. The van der Waals surface area contributed by atoms with Crippen molar-refractivity contribution in [1.82, 2.24) is 14.8 Å². The molecule has 0 N–H and O–H groups in total. The predicted molar refractivity (Wildman–Crippen MR) is 103 cm³/mol. The molecule has 1 aromatic rings. The molecule has 1 aromatic heterocycles. The van der Waals surface area contributed by atoms with Gasteiger partial charge in [0.05, 0.1) is 5.69 Å². The molecule has 0 saturated heterocycles. The third kappa shape index (κ3) is 9.44. The van der Waals surface area contributed by atoms with Gasteiger partial charge in [-0.05, 0) is 32.6 Å². The summed E-state index contributed by atoms with van der Waals surface area (Å²) in [7, 11) is 5.73. The van der Waals surface area contributed by atoms with Crippen LogP contribution in [-0.2, 0) is 6.54 Å². The van der Waals surface area contributed by atoms with Crippen molar-refractivity contribution in [3.8, 4) is 5.75 Å². The number of ether oxygens (including phenoxy) is 1. The fourth-order valence-electron chi connectivity index (χ4n) is 2.68. The maximum atomic E-state index is 12.3. The van der Waals surface area contributed by atoms with Gasteiger partial charge < -0.3 is 14.5 Å². The molecule has 1 rings (SSSR count). The molecule has 0 atom stereocenters. The largest absolute Gasteiger partial charge is 0.415 e. The molecule has 5 heteroatoms. The van der Waals surface area contributed by atoms with E-state index in [0.29, 0.717) is 12.3 Å². The van der Waals surface area contributed by atoms with E-state index < -0.39 is 0 Å². The SMILES string of the molecule is CCCCCCCCCCN(C)C(=O)Oc1cccnc1CN(C)C. The van der Waals surface area contributed by atoms with Gasteiger partial charge in [-0.1, -0.05) is 51.9 Å². The van der Waals surface area contributed by atoms with Gasteiger partial charge in [0, 0.05) is 26.3 Å². The van der Waals surface area contributed by atoms with E-state index in [1.54, 1.807) is 30.3 Å². The number of carbonyl (C=O) groups is 1. The zero-order valence-corrected chi connectivity index (χ0v) is 16.5. The summed E-state index contributed by atoms with van der Waals surface area (Å²) >= 11 is 0. The van der Waals surface area contributed by atoms with Crippen LogP contribution < -0.4 is 4.74 Å². The molecular weight excluding hydrogens is 314 g/mol. The van der Waals surface area contributed by atoms with Gasteiger partial charge in [0.25, 0.3) is 0 Å². The molecule has 0 aliphatic rings. The first-order chi connectivity index (χ1) is 12.0. The molecule has 0 spiro atoms. The lowest BCUT2D eigenvalue weighted by molar-refractivity contribution is 0.161. The van der Waals surface area contributed by atoms with Crippen LogP contribution in [0.25, 0.3) is 0 Å². The Hall–Kier alpha value is -1.62. The molecule has 1 heterocycles. The van der Waals surface area contributed by atoms with Crippen LogP contribution in [-0.4, -0.2) is 48.6 Å². The van der Waals surface area contributed by atoms with Crippen molar-refractivity contribution in [2.45, 2.75) is 64.8 Å². The second-order valence-corrected chi connectivity index (χ2v) is 6.95. The Bertz CT molecular complexity index is 492. The molecule has 142 valence electrons. The Balaban J connectivity index is 2.28. The number of pyridine rings is 1. The highest BCUT2D eigenvalue weighted by atomic mass is 16.6. The van der Waals surface area contributed by atoms with Gasteiger partial charge in [-0.25, -0.2) is 4.79 Å². The first kappa shape index (κ1) is 21.4. The minimum absolute atomic E-state index is 0.309. The van der Waals surface area contributed by atoms with Gasteiger partial charge in [-0.2, -0.15) is 0 Å². The molecule has 0 bridgehead atoms. The van der Waals surface area contributed by atoms with Crippen LogP contribution in [0.3, 0.4) is 0 Å². The summed E-state index contributed by atoms with van der Waals surface area (Å²) in [4.78, 5) is 20.2. The average Bonchev–Trinajstić information content (AvgIpc) is 2.58. The number of carbonyl (C=O) groups excluding carboxylic acids is 1. The predicted octanol–water partition coefficient (Wildman–Crippen LogP) is 4.71. The van der Waals surface area contributed by atoms with Crippen molar-refractivity contribution >= 4 is 6.09 Å². The Morgan fingerprint density at radius 3 is 2.32 bits per heavy atom. The lowest BCUT2D eigenvalue weighted by Gasteiger charge is -2.18. The Morgan fingerprint density at radius 1 is 1.04 bits per heavy atom. The van der Waals surface area contributed by atoms with E-state index in [2.05, 4.69) is 11.9 Å². The number of aromatic nitrogens is 1. The van der Waals surface area contributed by atoms with Crippen LogP contribution in [0.1, 0.15) is 64.0 Å². The van der Waals surface area contributed by atoms with Gasteiger partial charge in [0.2, 0.25) is 0 Å². The molecule has 0 saturated carbocycles. The molecule has 0 fully saturated rings. The first-order valence-corrected chi connectivity index (χ1v) is 9.56. The normalized spacial score (nSPS) is 10.9. The summed E-state index contributed by atoms with van der Waals surface area (Å²) in [5.41, 5.74) is 0.779. The van der Waals surface area contributed by atoms with Gasteiger partial charge in [0.1, 0.15) is 0 Å². The van der Waals surface area contributed by atoms with Gasteiger partial charge in [-0.3, -0.25) is 4.98 Å². The fourth-order valence-corrected chi connectivity index (χ4v) is 2.68. The van der Waals surface area contributed by atoms with Crippen LogP contribution >= 0.6 is 0 Å².